The smallest absolute Gasteiger partial charge is 0.315 e. The first kappa shape index (κ1) is 16.8. The summed E-state index contributed by atoms with van der Waals surface area (Å²) in [5.74, 6) is 0. The summed E-state index contributed by atoms with van der Waals surface area (Å²) in [5.41, 5.74) is 2.39. The maximum atomic E-state index is 11.8. The summed E-state index contributed by atoms with van der Waals surface area (Å²) < 4.78 is 5.48. The van der Waals surface area contributed by atoms with Crippen LogP contribution in [-0.4, -0.2) is 43.8 Å². The topological polar surface area (TPSA) is 53.6 Å². The van der Waals surface area contributed by atoms with Gasteiger partial charge in [0.2, 0.25) is 0 Å². The van der Waals surface area contributed by atoms with Crippen LogP contribution >= 0.6 is 0 Å². The Bertz CT molecular complexity index is 473. The Kier molecular flexibility index (Phi) is 6.68. The predicted octanol–water partition coefficient (Wildman–Crippen LogP) is 2.12. The third kappa shape index (κ3) is 5.66. The van der Waals surface area contributed by atoms with Crippen LogP contribution in [0.4, 0.5) is 4.79 Å². The van der Waals surface area contributed by atoms with Crippen LogP contribution < -0.4 is 10.6 Å². The van der Waals surface area contributed by atoms with Crippen molar-refractivity contribution in [2.24, 2.45) is 0 Å². The fourth-order valence-corrected chi connectivity index (χ4v) is 2.52. The molecule has 1 heterocycles. The molecule has 1 aliphatic rings. The zero-order valence-corrected chi connectivity index (χ0v) is 13.6. The molecule has 0 bridgehead atoms. The largest absolute Gasteiger partial charge is 0.376 e. The molecule has 0 saturated carbocycles. The van der Waals surface area contributed by atoms with Crippen LogP contribution in [0.3, 0.4) is 0 Å². The maximum absolute atomic E-state index is 11.8. The van der Waals surface area contributed by atoms with Crippen molar-refractivity contribution >= 4 is 6.03 Å². The fraction of sp³-hybridized carbons (Fsp3) is 0.588. The molecule has 0 unspecified atom stereocenters. The minimum atomic E-state index is -0.133. The van der Waals surface area contributed by atoms with Crippen molar-refractivity contribution in [3.63, 3.8) is 0 Å². The second kappa shape index (κ2) is 8.76. The van der Waals surface area contributed by atoms with E-state index in [1.165, 1.54) is 5.56 Å². The molecule has 0 aliphatic carbocycles. The lowest BCUT2D eigenvalue weighted by atomic mass is 10.1. The average Bonchev–Trinajstić information content (AvgIpc) is 3.04. The Morgan fingerprint density at radius 2 is 2.18 bits per heavy atom. The number of benzene rings is 1. The van der Waals surface area contributed by atoms with Crippen LogP contribution in [0.25, 0.3) is 0 Å². The van der Waals surface area contributed by atoms with Gasteiger partial charge in [0.05, 0.1) is 6.10 Å². The number of carbonyl (C=O) groups is 1. The van der Waals surface area contributed by atoms with Gasteiger partial charge in [-0.2, -0.15) is 0 Å². The Morgan fingerprint density at radius 1 is 1.36 bits per heavy atom. The Hall–Kier alpha value is -1.59. The van der Waals surface area contributed by atoms with Crippen molar-refractivity contribution < 1.29 is 9.53 Å². The van der Waals surface area contributed by atoms with E-state index < -0.39 is 0 Å². The number of rotatable bonds is 7. The van der Waals surface area contributed by atoms with E-state index in [4.69, 9.17) is 4.74 Å². The lowest BCUT2D eigenvalue weighted by molar-refractivity contribution is 0.111. The number of ether oxygens (including phenoxy) is 1. The molecular formula is C17H27N3O2. The lowest BCUT2D eigenvalue weighted by Crippen LogP contribution is -2.39. The highest BCUT2D eigenvalue weighted by atomic mass is 16.5. The highest BCUT2D eigenvalue weighted by Crippen LogP contribution is 2.10. The molecule has 1 saturated heterocycles. The molecule has 2 rings (SSSR count). The quantitative estimate of drug-likeness (QED) is 0.811. The van der Waals surface area contributed by atoms with Crippen LogP contribution in [0.15, 0.2) is 24.3 Å². The van der Waals surface area contributed by atoms with Crippen LogP contribution in [0.5, 0.6) is 0 Å². The van der Waals surface area contributed by atoms with Gasteiger partial charge in [-0.3, -0.25) is 0 Å². The van der Waals surface area contributed by atoms with E-state index in [-0.39, 0.29) is 12.1 Å². The van der Waals surface area contributed by atoms with E-state index in [9.17, 15) is 4.79 Å². The standard InChI is InChI=1S/C17H27N3O2/c1-3-20(2)13-15-7-4-6-14(10-15)11-18-17(21)19-12-16-8-5-9-22-16/h4,6-7,10,16H,3,5,8-9,11-13H2,1-2H3,(H2,18,19,21)/t16-/m0/s1. The number of amides is 2. The number of nitrogens with one attached hydrogen (secondary N) is 2. The number of hydrogen-bond donors (Lipinski definition) is 2. The highest BCUT2D eigenvalue weighted by molar-refractivity contribution is 5.73. The molecule has 5 heteroatoms. The Labute approximate surface area is 133 Å². The molecule has 2 amide bonds. The van der Waals surface area contributed by atoms with E-state index in [0.29, 0.717) is 13.1 Å². The molecule has 1 atom stereocenters. The summed E-state index contributed by atoms with van der Waals surface area (Å²) >= 11 is 0. The molecule has 0 aromatic heterocycles. The van der Waals surface area contributed by atoms with E-state index >= 15 is 0 Å². The van der Waals surface area contributed by atoms with Gasteiger partial charge in [-0.15, -0.1) is 0 Å². The first-order valence-corrected chi connectivity index (χ1v) is 8.07. The van der Waals surface area contributed by atoms with Gasteiger partial charge in [-0.05, 0) is 37.6 Å². The molecule has 0 spiro atoms. The first-order chi connectivity index (χ1) is 10.7. The average molecular weight is 305 g/mol. The predicted molar refractivity (Wildman–Crippen MR) is 87.7 cm³/mol. The second-order valence-electron chi connectivity index (χ2n) is 5.85. The van der Waals surface area contributed by atoms with Crippen molar-refractivity contribution in [1.29, 1.82) is 0 Å². The van der Waals surface area contributed by atoms with Gasteiger partial charge in [-0.1, -0.05) is 31.2 Å². The molecule has 5 nitrogen and oxygen atoms in total. The Balaban J connectivity index is 1.73. The molecule has 2 N–H and O–H groups in total. The van der Waals surface area contributed by atoms with Crippen molar-refractivity contribution in [2.75, 3.05) is 26.7 Å². The van der Waals surface area contributed by atoms with Crippen molar-refractivity contribution in [3.05, 3.63) is 35.4 Å². The van der Waals surface area contributed by atoms with Crippen molar-refractivity contribution in [1.82, 2.24) is 15.5 Å². The summed E-state index contributed by atoms with van der Waals surface area (Å²) in [5, 5.41) is 5.77. The van der Waals surface area contributed by atoms with Crippen LogP contribution in [0.1, 0.15) is 30.9 Å². The third-order valence-electron chi connectivity index (χ3n) is 3.95. The number of nitrogens with zero attached hydrogens (tertiary/aromatic N) is 1. The monoisotopic (exact) mass is 305 g/mol. The summed E-state index contributed by atoms with van der Waals surface area (Å²) in [6.07, 6.45) is 2.30. The van der Waals surface area contributed by atoms with Gasteiger partial charge in [0, 0.05) is 26.2 Å². The summed E-state index contributed by atoms with van der Waals surface area (Å²) in [6, 6.07) is 8.21. The van der Waals surface area contributed by atoms with Gasteiger partial charge in [0.25, 0.3) is 0 Å². The number of carbonyl (C=O) groups excluding carboxylic acids is 1. The van der Waals surface area contributed by atoms with Gasteiger partial charge < -0.3 is 20.3 Å². The number of hydrogen-bond acceptors (Lipinski definition) is 3. The summed E-state index contributed by atoms with van der Waals surface area (Å²) in [6.45, 7) is 6.04. The summed E-state index contributed by atoms with van der Waals surface area (Å²) in [4.78, 5) is 14.0. The molecule has 22 heavy (non-hydrogen) atoms. The lowest BCUT2D eigenvalue weighted by Gasteiger charge is -2.15. The molecular weight excluding hydrogens is 278 g/mol. The van der Waals surface area contributed by atoms with Gasteiger partial charge in [0.1, 0.15) is 0 Å². The normalized spacial score (nSPS) is 17.7. The minimum Gasteiger partial charge on any atom is -0.376 e. The van der Waals surface area contributed by atoms with E-state index in [1.54, 1.807) is 0 Å². The first-order valence-electron chi connectivity index (χ1n) is 8.07. The third-order valence-corrected chi connectivity index (χ3v) is 3.95. The van der Waals surface area contributed by atoms with E-state index in [1.807, 2.05) is 12.1 Å². The molecule has 0 radical (unpaired) electrons. The van der Waals surface area contributed by atoms with Gasteiger partial charge >= 0.3 is 6.03 Å². The molecule has 1 aromatic rings. The van der Waals surface area contributed by atoms with Crippen LogP contribution in [-0.2, 0) is 17.8 Å². The van der Waals surface area contributed by atoms with Gasteiger partial charge in [-0.25, -0.2) is 4.79 Å². The maximum Gasteiger partial charge on any atom is 0.315 e. The van der Waals surface area contributed by atoms with Crippen LogP contribution in [0, 0.1) is 0 Å². The van der Waals surface area contributed by atoms with Crippen molar-refractivity contribution in [3.8, 4) is 0 Å². The SMILES string of the molecule is CCN(C)Cc1cccc(CNC(=O)NC[C@@H]2CCCO2)c1. The minimum absolute atomic E-state index is 0.133. The molecule has 122 valence electrons. The zero-order chi connectivity index (χ0) is 15.8. The fourth-order valence-electron chi connectivity index (χ4n) is 2.52. The highest BCUT2D eigenvalue weighted by Gasteiger charge is 2.15. The van der Waals surface area contributed by atoms with E-state index in [0.717, 1.165) is 38.1 Å². The second-order valence-corrected chi connectivity index (χ2v) is 5.85. The van der Waals surface area contributed by atoms with Crippen LogP contribution in [0.2, 0.25) is 0 Å². The summed E-state index contributed by atoms with van der Waals surface area (Å²) in [7, 11) is 2.10. The molecule has 1 aliphatic heterocycles. The number of urea groups is 1. The molecule has 1 fully saturated rings. The van der Waals surface area contributed by atoms with Gasteiger partial charge in [0.15, 0.2) is 0 Å². The van der Waals surface area contributed by atoms with Crippen molar-refractivity contribution in [2.45, 2.75) is 39.0 Å². The molecule has 1 aromatic carbocycles. The Morgan fingerprint density at radius 3 is 2.91 bits per heavy atom. The van der Waals surface area contributed by atoms with E-state index in [2.05, 4.69) is 41.6 Å². The zero-order valence-electron chi connectivity index (χ0n) is 13.6.